The summed E-state index contributed by atoms with van der Waals surface area (Å²) in [5.74, 6) is 1.05. The van der Waals surface area contributed by atoms with E-state index in [1.54, 1.807) is 42.5 Å². The molecule has 1 N–H and O–H groups in total. The first kappa shape index (κ1) is 33.6. The van der Waals surface area contributed by atoms with Crippen molar-refractivity contribution in [3.63, 3.8) is 0 Å². The quantitative estimate of drug-likeness (QED) is 0.155. The summed E-state index contributed by atoms with van der Waals surface area (Å²) in [6.07, 6.45) is 0.759. The zero-order chi connectivity index (χ0) is 32.1. The number of nitrogens with zero attached hydrogens (tertiary/aromatic N) is 2. The number of aliphatic hydroxyl groups excluding tert-OH is 1. The number of carbonyl (C=O) groups is 1. The summed E-state index contributed by atoms with van der Waals surface area (Å²) in [5.41, 5.74) is 3.83. The van der Waals surface area contributed by atoms with Gasteiger partial charge in [-0.25, -0.2) is 13.4 Å². The molecule has 5 rings (SSSR count). The highest BCUT2D eigenvalue weighted by atomic mass is 32.2. The molecule has 9 heteroatoms. The van der Waals surface area contributed by atoms with Crippen LogP contribution in [-0.4, -0.2) is 69.2 Å². The fraction of sp³-hybridized carbons (Fsp3) is 0.278. The number of rotatable bonds is 13. The third kappa shape index (κ3) is 9.84. The standard InChI is InChI=1S/C29H32N2O6S.C7H8/c1-31(16-19-38(34,35)25-9-3-2-4-10-25)20-23-8-5-6-11-26(23)28-27(21-33)30-29(37-28)22-12-14-24(15-13-22)36-18-7-17-32;1-7-5-3-2-4-6-7/h2-6,8-15,21,27-28,32H,7,16-20H2,1H3;2-6H,1H3. The molecule has 2 unspecified atom stereocenters. The van der Waals surface area contributed by atoms with Gasteiger partial charge < -0.3 is 24.3 Å². The largest absolute Gasteiger partial charge is 0.494 e. The molecular weight excluding hydrogens is 588 g/mol. The number of aryl methyl sites for hydroxylation is 1. The maximum Gasteiger partial charge on any atom is 0.217 e. The van der Waals surface area contributed by atoms with Crippen LogP contribution in [0.2, 0.25) is 0 Å². The Morgan fingerprint density at radius 3 is 2.18 bits per heavy atom. The first-order valence-corrected chi connectivity index (χ1v) is 16.6. The Bertz CT molecular complexity index is 1630. The van der Waals surface area contributed by atoms with Crippen molar-refractivity contribution in [1.29, 1.82) is 0 Å². The van der Waals surface area contributed by atoms with E-state index in [9.17, 15) is 13.2 Å². The molecule has 0 spiro atoms. The van der Waals surface area contributed by atoms with Gasteiger partial charge in [0.05, 0.1) is 17.3 Å². The van der Waals surface area contributed by atoms with Gasteiger partial charge in [-0.2, -0.15) is 0 Å². The molecule has 1 heterocycles. The van der Waals surface area contributed by atoms with E-state index in [0.29, 0.717) is 42.7 Å². The van der Waals surface area contributed by atoms with Crippen molar-refractivity contribution in [1.82, 2.24) is 4.90 Å². The molecule has 1 aliphatic rings. The SMILES string of the molecule is CN(CCS(=O)(=O)c1ccccc1)Cc1ccccc1C1OC(c2ccc(OCCCO)cc2)=NC1C=O.Cc1ccccc1. The summed E-state index contributed by atoms with van der Waals surface area (Å²) in [5, 5.41) is 8.90. The molecule has 0 fully saturated rings. The van der Waals surface area contributed by atoms with Gasteiger partial charge in [0.2, 0.25) is 5.90 Å². The first-order chi connectivity index (χ1) is 21.8. The Morgan fingerprint density at radius 1 is 0.911 bits per heavy atom. The number of hydrogen-bond donors (Lipinski definition) is 1. The van der Waals surface area contributed by atoms with Crippen LogP contribution in [0.15, 0.2) is 119 Å². The third-order valence-electron chi connectivity index (χ3n) is 7.21. The summed E-state index contributed by atoms with van der Waals surface area (Å²) < 4.78 is 37.1. The van der Waals surface area contributed by atoms with Gasteiger partial charge in [-0.3, -0.25) is 0 Å². The van der Waals surface area contributed by atoms with Crippen LogP contribution in [0.1, 0.15) is 34.8 Å². The van der Waals surface area contributed by atoms with Crippen molar-refractivity contribution < 1.29 is 27.8 Å². The molecule has 0 aromatic heterocycles. The van der Waals surface area contributed by atoms with Crippen molar-refractivity contribution in [3.05, 3.63) is 131 Å². The molecule has 0 aliphatic carbocycles. The van der Waals surface area contributed by atoms with Gasteiger partial charge in [0.25, 0.3) is 0 Å². The van der Waals surface area contributed by atoms with E-state index < -0.39 is 22.0 Å². The Kier molecular flexibility index (Phi) is 12.4. The topological polar surface area (TPSA) is 106 Å². The number of carbonyl (C=O) groups excluding carboxylic acids is 1. The van der Waals surface area contributed by atoms with E-state index >= 15 is 0 Å². The molecule has 0 bridgehead atoms. The van der Waals surface area contributed by atoms with Crippen LogP contribution in [0, 0.1) is 6.92 Å². The Hall–Kier alpha value is -4.31. The molecular formula is C36H40N2O6S. The van der Waals surface area contributed by atoms with Crippen molar-refractivity contribution in [2.75, 3.05) is 32.6 Å². The molecule has 8 nitrogen and oxygen atoms in total. The zero-order valence-electron chi connectivity index (χ0n) is 25.7. The van der Waals surface area contributed by atoms with Gasteiger partial charge in [-0.15, -0.1) is 0 Å². The van der Waals surface area contributed by atoms with Crippen LogP contribution < -0.4 is 4.74 Å². The van der Waals surface area contributed by atoms with Crippen LogP contribution >= 0.6 is 0 Å². The Balaban J connectivity index is 0.000000580. The highest BCUT2D eigenvalue weighted by molar-refractivity contribution is 7.91. The number of ether oxygens (including phenoxy) is 2. The highest BCUT2D eigenvalue weighted by Gasteiger charge is 2.34. The average Bonchev–Trinajstić information content (AvgIpc) is 3.50. The predicted octanol–water partition coefficient (Wildman–Crippen LogP) is 5.43. The lowest BCUT2D eigenvalue weighted by atomic mass is 9.98. The Morgan fingerprint density at radius 2 is 1.56 bits per heavy atom. The number of aliphatic hydroxyl groups is 1. The van der Waals surface area contributed by atoms with Crippen LogP contribution in [0.5, 0.6) is 5.75 Å². The molecule has 0 amide bonds. The van der Waals surface area contributed by atoms with Gasteiger partial charge >= 0.3 is 0 Å². The van der Waals surface area contributed by atoms with Gasteiger partial charge in [-0.1, -0.05) is 78.4 Å². The zero-order valence-corrected chi connectivity index (χ0v) is 26.5. The lowest BCUT2D eigenvalue weighted by molar-refractivity contribution is -0.110. The summed E-state index contributed by atoms with van der Waals surface area (Å²) >= 11 is 0. The van der Waals surface area contributed by atoms with Crippen LogP contribution in [-0.2, 0) is 25.9 Å². The summed E-state index contributed by atoms with van der Waals surface area (Å²) in [7, 11) is -1.51. The number of aldehydes is 1. The van der Waals surface area contributed by atoms with E-state index in [0.717, 1.165) is 23.0 Å². The van der Waals surface area contributed by atoms with Crippen molar-refractivity contribution in [3.8, 4) is 5.75 Å². The minimum Gasteiger partial charge on any atom is -0.494 e. The predicted molar refractivity (Wildman–Crippen MR) is 176 cm³/mol. The molecule has 45 heavy (non-hydrogen) atoms. The smallest absolute Gasteiger partial charge is 0.217 e. The number of hydrogen-bond acceptors (Lipinski definition) is 8. The first-order valence-electron chi connectivity index (χ1n) is 14.9. The van der Waals surface area contributed by atoms with Gasteiger partial charge in [0.1, 0.15) is 12.0 Å². The molecule has 2 atom stereocenters. The fourth-order valence-corrected chi connectivity index (χ4v) is 6.10. The minimum absolute atomic E-state index is 0.000456. The normalized spacial score (nSPS) is 15.9. The maximum absolute atomic E-state index is 12.7. The van der Waals surface area contributed by atoms with E-state index in [2.05, 4.69) is 24.0 Å². The monoisotopic (exact) mass is 628 g/mol. The second kappa shape index (κ2) is 16.7. The van der Waals surface area contributed by atoms with Crippen LogP contribution in [0.3, 0.4) is 0 Å². The lowest BCUT2D eigenvalue weighted by Gasteiger charge is -2.22. The summed E-state index contributed by atoms with van der Waals surface area (Å²) in [6, 6.07) is 32.9. The van der Waals surface area contributed by atoms with Gasteiger partial charge in [0, 0.05) is 31.7 Å². The molecule has 0 radical (unpaired) electrons. The summed E-state index contributed by atoms with van der Waals surface area (Å²) in [4.78, 5) is 18.7. The van der Waals surface area contributed by atoms with E-state index in [4.69, 9.17) is 14.6 Å². The molecule has 236 valence electrons. The molecule has 0 saturated heterocycles. The molecule has 4 aromatic rings. The van der Waals surface area contributed by atoms with Gasteiger partial charge in [-0.05, 0) is 61.5 Å². The third-order valence-corrected chi connectivity index (χ3v) is 8.92. The van der Waals surface area contributed by atoms with E-state index in [-0.39, 0.29) is 12.4 Å². The molecule has 4 aromatic carbocycles. The second-order valence-corrected chi connectivity index (χ2v) is 12.9. The molecule has 0 saturated carbocycles. The van der Waals surface area contributed by atoms with Crippen molar-refractivity contribution in [2.24, 2.45) is 4.99 Å². The average molecular weight is 629 g/mol. The van der Waals surface area contributed by atoms with Crippen LogP contribution in [0.4, 0.5) is 0 Å². The maximum atomic E-state index is 12.7. The lowest BCUT2D eigenvalue weighted by Crippen LogP contribution is -2.27. The molecule has 1 aliphatic heterocycles. The van der Waals surface area contributed by atoms with Crippen molar-refractivity contribution >= 4 is 22.0 Å². The number of benzene rings is 4. The highest BCUT2D eigenvalue weighted by Crippen LogP contribution is 2.33. The van der Waals surface area contributed by atoms with E-state index in [1.165, 1.54) is 5.56 Å². The van der Waals surface area contributed by atoms with Crippen LogP contribution in [0.25, 0.3) is 0 Å². The van der Waals surface area contributed by atoms with Crippen molar-refractivity contribution in [2.45, 2.75) is 36.9 Å². The minimum atomic E-state index is -3.39. The van der Waals surface area contributed by atoms with E-state index in [1.807, 2.05) is 66.5 Å². The fourth-order valence-electron chi connectivity index (χ4n) is 4.75. The Labute approximate surface area is 265 Å². The van der Waals surface area contributed by atoms with Gasteiger partial charge in [0.15, 0.2) is 22.0 Å². The second-order valence-electron chi connectivity index (χ2n) is 10.8. The summed E-state index contributed by atoms with van der Waals surface area (Å²) in [6.45, 7) is 3.41. The number of aliphatic imine (C=N–C) groups is 1. The number of sulfone groups is 1.